The van der Waals surface area contributed by atoms with Crippen molar-refractivity contribution in [3.63, 3.8) is 0 Å². The van der Waals surface area contributed by atoms with E-state index in [4.69, 9.17) is 0 Å². The van der Waals surface area contributed by atoms with Crippen LogP contribution in [0.25, 0.3) is 0 Å². The van der Waals surface area contributed by atoms with Gasteiger partial charge in [-0.1, -0.05) is 61.5 Å². The lowest BCUT2D eigenvalue weighted by molar-refractivity contribution is 0.365. The van der Waals surface area contributed by atoms with Crippen molar-refractivity contribution in [1.29, 1.82) is 0 Å². The van der Waals surface area contributed by atoms with E-state index in [9.17, 15) is 0 Å². The molecule has 110 valence electrons. The van der Waals surface area contributed by atoms with Crippen molar-refractivity contribution in [3.8, 4) is 0 Å². The normalized spacial score (nSPS) is 20.4. The molecule has 0 fully saturated rings. The van der Waals surface area contributed by atoms with Gasteiger partial charge in [-0.2, -0.15) is 0 Å². The lowest BCUT2D eigenvalue weighted by atomic mass is 9.93. The van der Waals surface area contributed by atoms with Crippen molar-refractivity contribution >= 4 is 0 Å². The van der Waals surface area contributed by atoms with E-state index >= 15 is 0 Å². The molecule has 21 heavy (non-hydrogen) atoms. The Balaban J connectivity index is 1.60. The molecule has 1 heteroatoms. The van der Waals surface area contributed by atoms with Crippen molar-refractivity contribution in [3.05, 3.63) is 71.3 Å². The maximum Gasteiger partial charge on any atom is 0.0354 e. The van der Waals surface area contributed by atoms with Crippen LogP contribution in [0.4, 0.5) is 0 Å². The molecule has 1 N–H and O–H groups in total. The number of benzene rings is 2. The van der Waals surface area contributed by atoms with Gasteiger partial charge in [0, 0.05) is 6.04 Å². The van der Waals surface area contributed by atoms with Crippen LogP contribution in [0.5, 0.6) is 0 Å². The van der Waals surface area contributed by atoms with Gasteiger partial charge >= 0.3 is 0 Å². The maximum absolute atomic E-state index is 3.70. The smallest absolute Gasteiger partial charge is 0.0354 e. The molecule has 0 aliphatic heterocycles. The predicted molar refractivity (Wildman–Crippen MR) is 89.4 cm³/mol. The standard InChI is InChI=1S/C20H25N/c1-2-21-20-18(15-17-12-6-7-14-19(17)20)13-8-11-16-9-4-3-5-10-16/h3-7,9-10,12,14,18,20-21H,2,8,11,13,15H2,1H3. The summed E-state index contributed by atoms with van der Waals surface area (Å²) in [6.07, 6.45) is 5.03. The third kappa shape index (κ3) is 3.36. The molecule has 1 aliphatic carbocycles. The summed E-state index contributed by atoms with van der Waals surface area (Å²) in [5.41, 5.74) is 4.55. The summed E-state index contributed by atoms with van der Waals surface area (Å²) in [5.74, 6) is 0.756. The summed E-state index contributed by atoms with van der Waals surface area (Å²) in [4.78, 5) is 0. The molecule has 0 saturated heterocycles. The molecule has 2 unspecified atom stereocenters. The van der Waals surface area contributed by atoms with Crippen LogP contribution in [0.15, 0.2) is 54.6 Å². The van der Waals surface area contributed by atoms with Gasteiger partial charge in [-0.3, -0.25) is 0 Å². The Morgan fingerprint density at radius 1 is 1.00 bits per heavy atom. The number of nitrogens with one attached hydrogen (secondary N) is 1. The summed E-state index contributed by atoms with van der Waals surface area (Å²) in [6, 6.07) is 20.4. The highest BCUT2D eigenvalue weighted by Gasteiger charge is 2.30. The lowest BCUT2D eigenvalue weighted by Crippen LogP contribution is -2.25. The van der Waals surface area contributed by atoms with Crippen LogP contribution in [0.2, 0.25) is 0 Å². The number of aryl methyl sites for hydroxylation is 1. The van der Waals surface area contributed by atoms with Crippen LogP contribution in [-0.2, 0) is 12.8 Å². The van der Waals surface area contributed by atoms with E-state index in [2.05, 4.69) is 66.8 Å². The molecule has 3 rings (SSSR count). The molecule has 0 amide bonds. The minimum Gasteiger partial charge on any atom is -0.310 e. The van der Waals surface area contributed by atoms with Gasteiger partial charge in [0.1, 0.15) is 0 Å². The summed E-state index contributed by atoms with van der Waals surface area (Å²) in [6.45, 7) is 3.26. The molecule has 1 nitrogen and oxygen atoms in total. The van der Waals surface area contributed by atoms with Gasteiger partial charge in [0.05, 0.1) is 0 Å². The second-order valence-electron chi connectivity index (χ2n) is 6.08. The van der Waals surface area contributed by atoms with Gasteiger partial charge in [-0.05, 0) is 54.8 Å². The number of hydrogen-bond acceptors (Lipinski definition) is 1. The minimum absolute atomic E-state index is 0.557. The molecule has 0 spiro atoms. The third-order valence-electron chi connectivity index (χ3n) is 4.65. The zero-order chi connectivity index (χ0) is 14.5. The summed E-state index contributed by atoms with van der Waals surface area (Å²) in [5, 5.41) is 3.70. The summed E-state index contributed by atoms with van der Waals surface area (Å²) in [7, 11) is 0. The van der Waals surface area contributed by atoms with Crippen LogP contribution in [0.3, 0.4) is 0 Å². The largest absolute Gasteiger partial charge is 0.310 e. The number of rotatable bonds is 6. The van der Waals surface area contributed by atoms with E-state index in [1.54, 1.807) is 5.56 Å². The highest BCUT2D eigenvalue weighted by molar-refractivity contribution is 5.35. The molecule has 0 aromatic heterocycles. The first kappa shape index (κ1) is 14.3. The molecular weight excluding hydrogens is 254 g/mol. The first-order valence-electron chi connectivity index (χ1n) is 8.23. The fourth-order valence-electron chi connectivity index (χ4n) is 3.66. The fourth-order valence-corrected chi connectivity index (χ4v) is 3.66. The highest BCUT2D eigenvalue weighted by atomic mass is 14.9. The first-order chi connectivity index (χ1) is 10.4. The Hall–Kier alpha value is -1.60. The van der Waals surface area contributed by atoms with E-state index < -0.39 is 0 Å². The van der Waals surface area contributed by atoms with Gasteiger partial charge in [-0.25, -0.2) is 0 Å². The number of fused-ring (bicyclic) bond motifs is 1. The molecule has 0 heterocycles. The molecule has 0 bridgehead atoms. The van der Waals surface area contributed by atoms with Crippen molar-refractivity contribution in [2.24, 2.45) is 5.92 Å². The van der Waals surface area contributed by atoms with Gasteiger partial charge in [0.15, 0.2) is 0 Å². The first-order valence-corrected chi connectivity index (χ1v) is 8.23. The summed E-state index contributed by atoms with van der Waals surface area (Å²) >= 11 is 0. The SMILES string of the molecule is CCNC1c2ccccc2CC1CCCc1ccccc1. The molecule has 0 saturated carbocycles. The molecular formula is C20H25N. The highest BCUT2D eigenvalue weighted by Crippen LogP contribution is 2.38. The fraction of sp³-hybridized carbons (Fsp3) is 0.400. The average molecular weight is 279 g/mol. The Bertz CT molecular complexity index is 561. The maximum atomic E-state index is 3.70. The van der Waals surface area contributed by atoms with E-state index in [1.807, 2.05) is 0 Å². The summed E-state index contributed by atoms with van der Waals surface area (Å²) < 4.78 is 0. The zero-order valence-electron chi connectivity index (χ0n) is 12.9. The topological polar surface area (TPSA) is 12.0 Å². The predicted octanol–water partition coefficient (Wildman–Crippen LogP) is 4.53. The lowest BCUT2D eigenvalue weighted by Gasteiger charge is -2.21. The minimum atomic E-state index is 0.557. The van der Waals surface area contributed by atoms with Gasteiger partial charge < -0.3 is 5.32 Å². The second kappa shape index (κ2) is 6.91. The Morgan fingerprint density at radius 2 is 1.76 bits per heavy atom. The molecule has 0 radical (unpaired) electrons. The molecule has 2 atom stereocenters. The Labute approximate surface area is 128 Å². The monoisotopic (exact) mass is 279 g/mol. The molecule has 1 aliphatic rings. The zero-order valence-corrected chi connectivity index (χ0v) is 12.9. The van der Waals surface area contributed by atoms with Crippen LogP contribution in [0, 0.1) is 5.92 Å². The van der Waals surface area contributed by atoms with Crippen molar-refractivity contribution in [1.82, 2.24) is 5.32 Å². The van der Waals surface area contributed by atoms with E-state index in [0.29, 0.717) is 6.04 Å². The average Bonchev–Trinajstić information content (AvgIpc) is 2.87. The van der Waals surface area contributed by atoms with Crippen molar-refractivity contribution < 1.29 is 0 Å². The second-order valence-corrected chi connectivity index (χ2v) is 6.08. The quantitative estimate of drug-likeness (QED) is 0.819. The van der Waals surface area contributed by atoms with Gasteiger partial charge in [0.2, 0.25) is 0 Å². The van der Waals surface area contributed by atoms with Crippen LogP contribution >= 0.6 is 0 Å². The van der Waals surface area contributed by atoms with Crippen molar-refractivity contribution in [2.45, 2.75) is 38.6 Å². The van der Waals surface area contributed by atoms with E-state index in [-0.39, 0.29) is 0 Å². The van der Waals surface area contributed by atoms with Crippen molar-refractivity contribution in [2.75, 3.05) is 6.54 Å². The Morgan fingerprint density at radius 3 is 2.57 bits per heavy atom. The third-order valence-corrected chi connectivity index (χ3v) is 4.65. The van der Waals surface area contributed by atoms with Crippen LogP contribution in [-0.4, -0.2) is 6.54 Å². The Kier molecular flexibility index (Phi) is 4.72. The molecule has 2 aromatic carbocycles. The van der Waals surface area contributed by atoms with Crippen LogP contribution < -0.4 is 5.32 Å². The molecule has 2 aromatic rings. The van der Waals surface area contributed by atoms with Gasteiger partial charge in [-0.15, -0.1) is 0 Å². The van der Waals surface area contributed by atoms with Gasteiger partial charge in [0.25, 0.3) is 0 Å². The van der Waals surface area contributed by atoms with Crippen LogP contribution in [0.1, 0.15) is 42.5 Å². The van der Waals surface area contributed by atoms with E-state index in [0.717, 1.165) is 12.5 Å². The number of hydrogen-bond donors (Lipinski definition) is 1. The van der Waals surface area contributed by atoms with E-state index in [1.165, 1.54) is 36.8 Å².